The largest absolute Gasteiger partial charge is 0.381 e. The van der Waals surface area contributed by atoms with Gasteiger partial charge in [0.1, 0.15) is 0 Å². The second-order valence-electron chi connectivity index (χ2n) is 7.35. The average Bonchev–Trinajstić information content (AvgIpc) is 2.73. The molecule has 2 heterocycles. The summed E-state index contributed by atoms with van der Waals surface area (Å²) in [6.07, 6.45) is 10.3. The molecule has 1 aliphatic rings. The Morgan fingerprint density at radius 1 is 1.25 bits per heavy atom. The van der Waals surface area contributed by atoms with Crippen LogP contribution in [0.2, 0.25) is 0 Å². The lowest BCUT2D eigenvalue weighted by molar-refractivity contribution is 0.228. The second-order valence-corrected chi connectivity index (χ2v) is 7.35. The predicted octanol–water partition coefficient (Wildman–Crippen LogP) is 3.54. The van der Waals surface area contributed by atoms with Crippen molar-refractivity contribution in [1.82, 2.24) is 14.4 Å². The van der Waals surface area contributed by atoms with E-state index in [-0.39, 0.29) is 10.8 Å². The lowest BCUT2D eigenvalue weighted by Crippen LogP contribution is -2.27. The highest BCUT2D eigenvalue weighted by atomic mass is 15.0. The lowest BCUT2D eigenvalue weighted by atomic mass is 9.66. The first-order valence-electron chi connectivity index (χ1n) is 7.07. The molecule has 20 heavy (non-hydrogen) atoms. The third-order valence-electron chi connectivity index (χ3n) is 3.90. The molecule has 0 saturated carbocycles. The van der Waals surface area contributed by atoms with Gasteiger partial charge < -0.3 is 10.1 Å². The molecule has 0 spiro atoms. The van der Waals surface area contributed by atoms with E-state index in [4.69, 9.17) is 5.73 Å². The lowest BCUT2D eigenvalue weighted by Gasteiger charge is -2.39. The molecule has 4 nitrogen and oxygen atoms in total. The molecule has 3 rings (SSSR count). The zero-order valence-electron chi connectivity index (χ0n) is 12.6. The number of fused-ring (bicyclic) bond motifs is 1. The minimum Gasteiger partial charge on any atom is -0.381 e. The van der Waals surface area contributed by atoms with Crippen LogP contribution in [0.15, 0.2) is 24.7 Å². The highest BCUT2D eigenvalue weighted by Gasteiger charge is 2.34. The maximum Gasteiger partial charge on any atom is 0.179 e. The van der Waals surface area contributed by atoms with E-state index in [1.807, 2.05) is 16.8 Å². The first kappa shape index (κ1) is 13.2. The second kappa shape index (κ2) is 4.08. The molecule has 0 bridgehead atoms. The number of allylic oxidation sites excluding steroid dienone is 2. The van der Waals surface area contributed by atoms with Crippen molar-refractivity contribution in [3.8, 4) is 0 Å². The molecule has 0 aliphatic heterocycles. The Hall–Kier alpha value is -1.84. The number of rotatable bonds is 1. The van der Waals surface area contributed by atoms with E-state index in [1.54, 1.807) is 6.20 Å². The van der Waals surface area contributed by atoms with Crippen molar-refractivity contribution in [1.29, 1.82) is 0 Å². The van der Waals surface area contributed by atoms with Gasteiger partial charge in [0.15, 0.2) is 11.5 Å². The Bertz CT molecular complexity index is 692. The molecule has 2 aromatic heterocycles. The third-order valence-corrected chi connectivity index (χ3v) is 3.90. The molecule has 0 fully saturated rings. The third kappa shape index (κ3) is 2.30. The first-order valence-corrected chi connectivity index (χ1v) is 7.07. The Labute approximate surface area is 119 Å². The van der Waals surface area contributed by atoms with Crippen LogP contribution in [-0.2, 0) is 0 Å². The van der Waals surface area contributed by atoms with Gasteiger partial charge in [0.25, 0.3) is 0 Å². The van der Waals surface area contributed by atoms with Gasteiger partial charge in [0.2, 0.25) is 0 Å². The SMILES string of the molecule is CC1(C)C=C(c2cn3ccnc3c(N)n2)CC(C)(C)C1. The van der Waals surface area contributed by atoms with Crippen molar-refractivity contribution in [2.75, 3.05) is 5.73 Å². The summed E-state index contributed by atoms with van der Waals surface area (Å²) in [5.74, 6) is 0.495. The maximum atomic E-state index is 6.02. The van der Waals surface area contributed by atoms with Gasteiger partial charge in [0.05, 0.1) is 5.69 Å². The number of nitrogens with two attached hydrogens (primary N) is 1. The van der Waals surface area contributed by atoms with Crippen molar-refractivity contribution in [3.63, 3.8) is 0 Å². The van der Waals surface area contributed by atoms with Gasteiger partial charge in [0, 0.05) is 18.6 Å². The first-order chi connectivity index (χ1) is 9.26. The molecule has 2 aromatic rings. The van der Waals surface area contributed by atoms with Gasteiger partial charge in [-0.1, -0.05) is 33.8 Å². The molecule has 0 atom stereocenters. The smallest absolute Gasteiger partial charge is 0.179 e. The van der Waals surface area contributed by atoms with E-state index in [0.717, 1.165) is 17.8 Å². The molecule has 0 radical (unpaired) electrons. The number of hydrogen-bond donors (Lipinski definition) is 1. The van der Waals surface area contributed by atoms with E-state index in [2.05, 4.69) is 43.7 Å². The summed E-state index contributed by atoms with van der Waals surface area (Å²) in [7, 11) is 0. The number of nitrogen functional groups attached to an aromatic ring is 1. The standard InChI is InChI=1S/C16H22N4/c1-15(2)7-11(8-16(3,4)10-15)12-9-20-6-5-18-14(20)13(17)19-12/h5-7,9H,8,10H2,1-4H3,(H2,17,19). The summed E-state index contributed by atoms with van der Waals surface area (Å²) >= 11 is 0. The van der Waals surface area contributed by atoms with Crippen LogP contribution in [0, 0.1) is 10.8 Å². The van der Waals surface area contributed by atoms with Crippen LogP contribution in [0.5, 0.6) is 0 Å². The number of imidazole rings is 1. The Morgan fingerprint density at radius 2 is 2.00 bits per heavy atom. The van der Waals surface area contributed by atoms with E-state index in [0.29, 0.717) is 5.82 Å². The predicted molar refractivity (Wildman–Crippen MR) is 82.2 cm³/mol. The van der Waals surface area contributed by atoms with Crippen LogP contribution in [0.4, 0.5) is 5.82 Å². The van der Waals surface area contributed by atoms with Crippen LogP contribution in [0.3, 0.4) is 0 Å². The maximum absolute atomic E-state index is 6.02. The van der Waals surface area contributed by atoms with E-state index in [1.165, 1.54) is 12.0 Å². The van der Waals surface area contributed by atoms with Gasteiger partial charge in [-0.15, -0.1) is 0 Å². The monoisotopic (exact) mass is 270 g/mol. The Balaban J connectivity index is 2.12. The number of aromatic nitrogens is 3. The number of nitrogens with zero attached hydrogens (tertiary/aromatic N) is 3. The van der Waals surface area contributed by atoms with Crippen molar-refractivity contribution < 1.29 is 0 Å². The molecule has 0 amide bonds. The minimum atomic E-state index is 0.192. The molecule has 106 valence electrons. The molecule has 1 aliphatic carbocycles. The van der Waals surface area contributed by atoms with E-state index >= 15 is 0 Å². The molecule has 0 aromatic carbocycles. The molecule has 4 heteroatoms. The minimum absolute atomic E-state index is 0.192. The van der Waals surface area contributed by atoms with Crippen LogP contribution in [0.1, 0.15) is 46.2 Å². The fourth-order valence-electron chi connectivity index (χ4n) is 3.66. The van der Waals surface area contributed by atoms with Gasteiger partial charge in [-0.25, -0.2) is 9.97 Å². The molecule has 0 unspecified atom stereocenters. The summed E-state index contributed by atoms with van der Waals surface area (Å²) in [6, 6.07) is 0. The summed E-state index contributed by atoms with van der Waals surface area (Å²) in [5.41, 5.74) is 9.48. The van der Waals surface area contributed by atoms with Crippen molar-refractivity contribution in [2.24, 2.45) is 10.8 Å². The van der Waals surface area contributed by atoms with Crippen molar-refractivity contribution in [2.45, 2.75) is 40.5 Å². The summed E-state index contributed by atoms with van der Waals surface area (Å²) in [4.78, 5) is 8.77. The quantitative estimate of drug-likeness (QED) is 0.862. The molecular formula is C16H22N4. The van der Waals surface area contributed by atoms with Gasteiger partial charge in [-0.3, -0.25) is 0 Å². The molecule has 2 N–H and O–H groups in total. The molecular weight excluding hydrogens is 248 g/mol. The average molecular weight is 270 g/mol. The van der Waals surface area contributed by atoms with E-state index in [9.17, 15) is 0 Å². The van der Waals surface area contributed by atoms with Crippen LogP contribution in [0.25, 0.3) is 11.2 Å². The fraction of sp³-hybridized carbons (Fsp3) is 0.500. The van der Waals surface area contributed by atoms with Crippen LogP contribution < -0.4 is 5.73 Å². The van der Waals surface area contributed by atoms with Gasteiger partial charge >= 0.3 is 0 Å². The normalized spacial score (nSPS) is 20.9. The van der Waals surface area contributed by atoms with Gasteiger partial charge in [-0.2, -0.15) is 0 Å². The Morgan fingerprint density at radius 3 is 2.70 bits per heavy atom. The van der Waals surface area contributed by atoms with Crippen molar-refractivity contribution in [3.05, 3.63) is 30.4 Å². The van der Waals surface area contributed by atoms with Crippen LogP contribution >= 0.6 is 0 Å². The Kier molecular flexibility index (Phi) is 2.68. The highest BCUT2D eigenvalue weighted by molar-refractivity contribution is 5.69. The topological polar surface area (TPSA) is 56.2 Å². The van der Waals surface area contributed by atoms with E-state index < -0.39 is 0 Å². The van der Waals surface area contributed by atoms with Gasteiger partial charge in [-0.05, 0) is 29.2 Å². The van der Waals surface area contributed by atoms with Crippen molar-refractivity contribution >= 4 is 17.0 Å². The fourth-order valence-corrected chi connectivity index (χ4v) is 3.66. The number of hydrogen-bond acceptors (Lipinski definition) is 3. The number of anilines is 1. The zero-order valence-corrected chi connectivity index (χ0v) is 12.6. The summed E-state index contributed by atoms with van der Waals surface area (Å²) in [5, 5.41) is 0. The highest BCUT2D eigenvalue weighted by Crippen LogP contribution is 2.47. The summed E-state index contributed by atoms with van der Waals surface area (Å²) < 4.78 is 1.95. The zero-order chi connectivity index (χ0) is 14.5. The molecule has 0 saturated heterocycles. The summed E-state index contributed by atoms with van der Waals surface area (Å²) in [6.45, 7) is 9.21. The van der Waals surface area contributed by atoms with Crippen LogP contribution in [-0.4, -0.2) is 14.4 Å².